The molecule has 7 nitrogen and oxygen atoms in total. The molecule has 110 valence electrons. The van der Waals surface area contributed by atoms with Crippen molar-refractivity contribution in [1.29, 1.82) is 0 Å². The number of rotatable bonds is 6. The van der Waals surface area contributed by atoms with Gasteiger partial charge in [0, 0.05) is 19.8 Å². The molecular weight excluding hydrogens is 272 g/mol. The maximum absolute atomic E-state index is 11.9. The lowest BCUT2D eigenvalue weighted by Crippen LogP contribution is -2.57. The Hall–Kier alpha value is -1.31. The predicted octanol–water partition coefficient (Wildman–Crippen LogP) is -0.0743. The zero-order valence-electron chi connectivity index (χ0n) is 11.3. The number of aliphatic carboxylic acids is 1. The summed E-state index contributed by atoms with van der Waals surface area (Å²) in [6.45, 7) is 1.51. The molecule has 0 spiro atoms. The Morgan fingerprint density at radius 3 is 2.32 bits per heavy atom. The van der Waals surface area contributed by atoms with Crippen LogP contribution in [0.1, 0.15) is 19.8 Å². The monoisotopic (exact) mass is 292 g/mol. The smallest absolute Gasteiger partial charge is 0.329 e. The van der Waals surface area contributed by atoms with Crippen molar-refractivity contribution in [3.8, 4) is 0 Å². The summed E-state index contributed by atoms with van der Waals surface area (Å²) in [6.07, 6.45) is 2.64. The third-order valence-electron chi connectivity index (χ3n) is 3.35. The standard InChI is InChI=1S/C11H20N2O5S/c1-11(9(14)15,8-4-5-8)12-10(16)13(2)6-7-19(3,17)18/h8H,4-7H2,1-3H3,(H,12,16)(H,14,15). The normalized spacial score (nSPS) is 18.5. The highest BCUT2D eigenvalue weighted by atomic mass is 32.2. The van der Waals surface area contributed by atoms with Gasteiger partial charge in [-0.3, -0.25) is 0 Å². The van der Waals surface area contributed by atoms with Crippen LogP contribution in [0.2, 0.25) is 0 Å². The molecule has 0 aromatic carbocycles. The Kier molecular flexibility index (Phi) is 4.44. The van der Waals surface area contributed by atoms with Crippen LogP contribution in [0.3, 0.4) is 0 Å². The van der Waals surface area contributed by atoms with Crippen molar-refractivity contribution in [3.63, 3.8) is 0 Å². The van der Waals surface area contributed by atoms with Crippen LogP contribution >= 0.6 is 0 Å². The number of urea groups is 1. The van der Waals surface area contributed by atoms with Crippen LogP contribution in [0.25, 0.3) is 0 Å². The van der Waals surface area contributed by atoms with Gasteiger partial charge in [-0.1, -0.05) is 0 Å². The minimum Gasteiger partial charge on any atom is -0.480 e. The van der Waals surface area contributed by atoms with Crippen LogP contribution in [0.5, 0.6) is 0 Å². The molecule has 0 radical (unpaired) electrons. The van der Waals surface area contributed by atoms with E-state index in [0.717, 1.165) is 19.1 Å². The van der Waals surface area contributed by atoms with Gasteiger partial charge in [-0.25, -0.2) is 18.0 Å². The number of sulfone groups is 1. The fourth-order valence-corrected chi connectivity index (χ4v) is 2.32. The molecule has 1 saturated carbocycles. The average Bonchev–Trinajstić information content (AvgIpc) is 3.07. The number of hydrogen-bond acceptors (Lipinski definition) is 4. The molecule has 8 heteroatoms. The van der Waals surface area contributed by atoms with Gasteiger partial charge in [0.1, 0.15) is 15.4 Å². The quantitative estimate of drug-likeness (QED) is 0.713. The SMILES string of the molecule is CN(CCS(C)(=O)=O)C(=O)NC(C)(C(=O)O)C1CC1. The molecule has 0 aliphatic heterocycles. The number of nitrogens with one attached hydrogen (secondary N) is 1. The summed E-state index contributed by atoms with van der Waals surface area (Å²) in [5.74, 6) is -1.28. The molecule has 1 atom stereocenters. The third-order valence-corrected chi connectivity index (χ3v) is 4.27. The zero-order chi connectivity index (χ0) is 14.8. The van der Waals surface area contributed by atoms with E-state index in [-0.39, 0.29) is 18.2 Å². The number of carbonyl (C=O) groups excluding carboxylic acids is 1. The van der Waals surface area contributed by atoms with Crippen LogP contribution < -0.4 is 5.32 Å². The van der Waals surface area contributed by atoms with Gasteiger partial charge < -0.3 is 15.3 Å². The molecule has 0 bridgehead atoms. The highest BCUT2D eigenvalue weighted by molar-refractivity contribution is 7.90. The predicted molar refractivity (Wildman–Crippen MR) is 69.6 cm³/mol. The van der Waals surface area contributed by atoms with E-state index in [4.69, 9.17) is 0 Å². The molecule has 1 aliphatic carbocycles. The number of carboxylic acids is 1. The summed E-state index contributed by atoms with van der Waals surface area (Å²) in [7, 11) is -1.71. The van der Waals surface area contributed by atoms with E-state index in [2.05, 4.69) is 5.32 Å². The van der Waals surface area contributed by atoms with E-state index in [1.54, 1.807) is 0 Å². The molecule has 1 rings (SSSR count). The van der Waals surface area contributed by atoms with Crippen molar-refractivity contribution in [1.82, 2.24) is 10.2 Å². The van der Waals surface area contributed by atoms with Crippen molar-refractivity contribution in [2.24, 2.45) is 5.92 Å². The summed E-state index contributed by atoms with van der Waals surface area (Å²) >= 11 is 0. The van der Waals surface area contributed by atoms with Gasteiger partial charge in [0.05, 0.1) is 5.75 Å². The van der Waals surface area contributed by atoms with Gasteiger partial charge in [0.2, 0.25) is 0 Å². The zero-order valence-corrected chi connectivity index (χ0v) is 12.2. The number of carbonyl (C=O) groups is 2. The van der Waals surface area contributed by atoms with Gasteiger partial charge in [0.25, 0.3) is 0 Å². The van der Waals surface area contributed by atoms with Crippen molar-refractivity contribution in [2.45, 2.75) is 25.3 Å². The van der Waals surface area contributed by atoms with E-state index in [9.17, 15) is 23.1 Å². The Labute approximate surface area is 112 Å². The molecule has 0 heterocycles. The maximum atomic E-state index is 11.9. The molecule has 2 amide bonds. The molecule has 19 heavy (non-hydrogen) atoms. The third kappa shape index (κ3) is 4.38. The minimum absolute atomic E-state index is 0.0328. The highest BCUT2D eigenvalue weighted by Crippen LogP contribution is 2.39. The van der Waals surface area contributed by atoms with Crippen molar-refractivity contribution < 1.29 is 23.1 Å². The molecule has 2 N–H and O–H groups in total. The Morgan fingerprint density at radius 2 is 1.95 bits per heavy atom. The van der Waals surface area contributed by atoms with E-state index in [1.165, 1.54) is 18.9 Å². The number of hydrogen-bond donors (Lipinski definition) is 2. The van der Waals surface area contributed by atoms with Gasteiger partial charge in [-0.2, -0.15) is 0 Å². The molecule has 1 unspecified atom stereocenters. The summed E-state index contributed by atoms with van der Waals surface area (Å²) in [6, 6.07) is -0.569. The molecule has 0 saturated heterocycles. The van der Waals surface area contributed by atoms with Crippen LogP contribution in [0, 0.1) is 5.92 Å². The van der Waals surface area contributed by atoms with Crippen LogP contribution in [-0.2, 0) is 14.6 Å². The van der Waals surface area contributed by atoms with E-state index >= 15 is 0 Å². The van der Waals surface area contributed by atoms with Gasteiger partial charge >= 0.3 is 12.0 Å². The maximum Gasteiger partial charge on any atom is 0.329 e. The first-order valence-corrected chi connectivity index (χ1v) is 8.06. The number of nitrogens with zero attached hydrogens (tertiary/aromatic N) is 1. The lowest BCUT2D eigenvalue weighted by molar-refractivity contribution is -0.144. The van der Waals surface area contributed by atoms with Crippen molar-refractivity contribution in [3.05, 3.63) is 0 Å². The van der Waals surface area contributed by atoms with E-state index < -0.39 is 27.4 Å². The Morgan fingerprint density at radius 1 is 1.42 bits per heavy atom. The van der Waals surface area contributed by atoms with Crippen LogP contribution in [0.15, 0.2) is 0 Å². The summed E-state index contributed by atoms with van der Waals surface area (Å²) in [5.41, 5.74) is -1.28. The van der Waals surface area contributed by atoms with Crippen molar-refractivity contribution in [2.75, 3.05) is 25.6 Å². The number of amides is 2. The van der Waals surface area contributed by atoms with E-state index in [1.807, 2.05) is 0 Å². The Bertz CT molecular complexity index is 471. The van der Waals surface area contributed by atoms with Crippen molar-refractivity contribution >= 4 is 21.8 Å². The van der Waals surface area contributed by atoms with E-state index in [0.29, 0.717) is 0 Å². The number of carboxylic acid groups (broad SMARTS) is 1. The molecule has 0 aromatic rings. The fraction of sp³-hybridized carbons (Fsp3) is 0.818. The lowest BCUT2D eigenvalue weighted by atomic mass is 9.96. The van der Waals surface area contributed by atoms with Crippen LogP contribution in [-0.4, -0.2) is 61.6 Å². The lowest BCUT2D eigenvalue weighted by Gasteiger charge is -2.29. The highest BCUT2D eigenvalue weighted by Gasteiger charge is 2.48. The summed E-state index contributed by atoms with van der Waals surface area (Å²) in [4.78, 5) is 24.3. The molecular formula is C11H20N2O5S. The first-order chi connectivity index (χ1) is 8.56. The summed E-state index contributed by atoms with van der Waals surface area (Å²) < 4.78 is 22.0. The van der Waals surface area contributed by atoms with Crippen LogP contribution in [0.4, 0.5) is 4.79 Å². The fourth-order valence-electron chi connectivity index (χ4n) is 1.71. The molecule has 1 aliphatic rings. The molecule has 0 aromatic heterocycles. The van der Waals surface area contributed by atoms with Gasteiger partial charge in [-0.15, -0.1) is 0 Å². The second kappa shape index (κ2) is 5.36. The first-order valence-electron chi connectivity index (χ1n) is 6.00. The van der Waals surface area contributed by atoms with Gasteiger partial charge in [-0.05, 0) is 25.7 Å². The summed E-state index contributed by atoms with van der Waals surface area (Å²) in [5, 5.41) is 11.7. The first kappa shape index (κ1) is 15.7. The minimum atomic E-state index is -3.15. The average molecular weight is 292 g/mol. The molecule has 1 fully saturated rings. The topological polar surface area (TPSA) is 104 Å². The second-order valence-electron chi connectivity index (χ2n) is 5.26. The van der Waals surface area contributed by atoms with Gasteiger partial charge in [0.15, 0.2) is 0 Å². The Balaban J connectivity index is 2.60. The largest absolute Gasteiger partial charge is 0.480 e. The second-order valence-corrected chi connectivity index (χ2v) is 7.52.